The predicted octanol–water partition coefficient (Wildman–Crippen LogP) is 3.47. The van der Waals surface area contributed by atoms with Gasteiger partial charge in [0.15, 0.2) is 6.61 Å². The second kappa shape index (κ2) is 9.67. The summed E-state index contributed by atoms with van der Waals surface area (Å²) in [7, 11) is -0.619. The van der Waals surface area contributed by atoms with Gasteiger partial charge >= 0.3 is 5.97 Å². The summed E-state index contributed by atoms with van der Waals surface area (Å²) in [6, 6.07) is 11.5. The van der Waals surface area contributed by atoms with Crippen molar-refractivity contribution in [2.24, 2.45) is 0 Å². The normalized spacial score (nSPS) is 11.8. The number of esters is 1. The van der Waals surface area contributed by atoms with Gasteiger partial charge in [-0.3, -0.25) is 0 Å². The molecule has 0 fully saturated rings. The van der Waals surface area contributed by atoms with Crippen LogP contribution >= 0.6 is 11.6 Å². The van der Waals surface area contributed by atoms with E-state index in [2.05, 4.69) is 4.98 Å². The van der Waals surface area contributed by atoms with Crippen LogP contribution in [0.5, 0.6) is 5.75 Å². The van der Waals surface area contributed by atoms with Crippen molar-refractivity contribution in [1.29, 1.82) is 0 Å². The third-order valence-electron chi connectivity index (χ3n) is 4.54. The van der Waals surface area contributed by atoms with Crippen molar-refractivity contribution < 1.29 is 22.7 Å². The lowest BCUT2D eigenvalue weighted by Gasteiger charge is -2.11. The molecule has 1 heterocycles. The molecule has 0 aliphatic heterocycles. The first-order chi connectivity index (χ1) is 14.7. The van der Waals surface area contributed by atoms with Crippen LogP contribution in [0.4, 0.5) is 0 Å². The fourth-order valence-corrected chi connectivity index (χ4v) is 4.10. The molecule has 1 aromatic heterocycles. The Morgan fingerprint density at radius 3 is 2.65 bits per heavy atom. The van der Waals surface area contributed by atoms with E-state index in [1.54, 1.807) is 36.4 Å². The number of sulfonamides is 1. The molecule has 8 nitrogen and oxygen atoms in total. The van der Waals surface area contributed by atoms with E-state index in [1.807, 2.05) is 11.5 Å². The van der Waals surface area contributed by atoms with E-state index in [1.165, 1.54) is 20.2 Å². The van der Waals surface area contributed by atoms with Crippen LogP contribution in [0.15, 0.2) is 47.4 Å². The van der Waals surface area contributed by atoms with Gasteiger partial charge in [0.2, 0.25) is 10.0 Å². The molecule has 0 saturated heterocycles. The zero-order chi connectivity index (χ0) is 22.6. The Balaban J connectivity index is 1.75. The standard InChI is InChI=1S/C21H24ClN3O5S/c1-4-10-25-19-9-8-17(31(27,28)24(2)3)12-18(19)23-20(25)13-30-21(26)14-29-16-7-5-6-15(22)11-16/h5-9,11-12H,4,10,13-14H2,1-3H3. The lowest BCUT2D eigenvalue weighted by Crippen LogP contribution is -2.22. The molecule has 0 radical (unpaired) electrons. The molecule has 0 atom stereocenters. The van der Waals surface area contributed by atoms with Crippen molar-refractivity contribution in [2.45, 2.75) is 31.4 Å². The van der Waals surface area contributed by atoms with Crippen LogP contribution in [0.3, 0.4) is 0 Å². The minimum atomic E-state index is -3.57. The number of imidazole rings is 1. The fraction of sp³-hybridized carbons (Fsp3) is 0.333. The van der Waals surface area contributed by atoms with E-state index in [0.717, 1.165) is 16.2 Å². The zero-order valence-electron chi connectivity index (χ0n) is 17.5. The van der Waals surface area contributed by atoms with Crippen molar-refractivity contribution in [3.8, 4) is 5.75 Å². The van der Waals surface area contributed by atoms with Gasteiger partial charge in [0.05, 0.1) is 15.9 Å². The molecule has 0 N–H and O–H groups in total. The summed E-state index contributed by atoms with van der Waals surface area (Å²) in [6.45, 7) is 2.36. The number of nitrogens with zero attached hydrogens (tertiary/aromatic N) is 3. The van der Waals surface area contributed by atoms with E-state index in [4.69, 9.17) is 21.1 Å². The minimum Gasteiger partial charge on any atom is -0.482 e. The first-order valence-electron chi connectivity index (χ1n) is 9.68. The molecule has 3 rings (SSSR count). The lowest BCUT2D eigenvalue weighted by atomic mass is 10.3. The fourth-order valence-electron chi connectivity index (χ4n) is 3.00. The van der Waals surface area contributed by atoms with Crippen LogP contribution in [-0.4, -0.2) is 48.9 Å². The smallest absolute Gasteiger partial charge is 0.344 e. The molecule has 10 heteroatoms. The second-order valence-electron chi connectivity index (χ2n) is 7.02. The molecule has 0 aliphatic carbocycles. The van der Waals surface area contributed by atoms with Crippen molar-refractivity contribution in [1.82, 2.24) is 13.9 Å². The summed E-state index contributed by atoms with van der Waals surface area (Å²) >= 11 is 5.90. The van der Waals surface area contributed by atoms with E-state index < -0.39 is 16.0 Å². The largest absolute Gasteiger partial charge is 0.482 e. The van der Waals surface area contributed by atoms with Crippen LogP contribution in [0.25, 0.3) is 11.0 Å². The third-order valence-corrected chi connectivity index (χ3v) is 6.59. The predicted molar refractivity (Wildman–Crippen MR) is 118 cm³/mol. The minimum absolute atomic E-state index is 0.0534. The number of benzene rings is 2. The Morgan fingerprint density at radius 2 is 1.97 bits per heavy atom. The van der Waals surface area contributed by atoms with Crippen LogP contribution in [0.1, 0.15) is 19.2 Å². The molecular formula is C21H24ClN3O5S. The summed E-state index contributed by atoms with van der Waals surface area (Å²) in [5.41, 5.74) is 1.30. The summed E-state index contributed by atoms with van der Waals surface area (Å²) < 4.78 is 38.6. The van der Waals surface area contributed by atoms with Crippen molar-refractivity contribution >= 4 is 38.6 Å². The summed E-state index contributed by atoms with van der Waals surface area (Å²) in [5.74, 6) is 0.454. The van der Waals surface area contributed by atoms with Crippen LogP contribution in [-0.2, 0) is 32.7 Å². The molecule has 0 saturated carbocycles. The van der Waals surface area contributed by atoms with E-state index in [-0.39, 0.29) is 18.1 Å². The Kier molecular flexibility index (Phi) is 7.19. The zero-order valence-corrected chi connectivity index (χ0v) is 19.1. The van der Waals surface area contributed by atoms with Gasteiger partial charge in [0, 0.05) is 25.7 Å². The molecule has 0 unspecified atom stereocenters. The Hall–Kier alpha value is -2.62. The maximum atomic E-state index is 12.4. The van der Waals surface area contributed by atoms with Gasteiger partial charge in [0.25, 0.3) is 0 Å². The van der Waals surface area contributed by atoms with Crippen LogP contribution in [0, 0.1) is 0 Å². The first-order valence-corrected chi connectivity index (χ1v) is 11.5. The van der Waals surface area contributed by atoms with E-state index in [9.17, 15) is 13.2 Å². The van der Waals surface area contributed by atoms with Gasteiger partial charge in [-0.15, -0.1) is 0 Å². The number of halogens is 1. The second-order valence-corrected chi connectivity index (χ2v) is 9.61. The van der Waals surface area contributed by atoms with Gasteiger partial charge in [-0.2, -0.15) is 0 Å². The Labute approximate surface area is 186 Å². The highest BCUT2D eigenvalue weighted by molar-refractivity contribution is 7.89. The monoisotopic (exact) mass is 465 g/mol. The molecule has 0 amide bonds. The number of ether oxygens (including phenoxy) is 2. The Bertz CT molecular complexity index is 1190. The summed E-state index contributed by atoms with van der Waals surface area (Å²) in [5, 5.41) is 0.509. The molecular weight excluding hydrogens is 442 g/mol. The number of aromatic nitrogens is 2. The molecule has 0 aliphatic rings. The lowest BCUT2D eigenvalue weighted by molar-refractivity contribution is -0.147. The van der Waals surface area contributed by atoms with Gasteiger partial charge in [0.1, 0.15) is 18.2 Å². The van der Waals surface area contributed by atoms with E-state index in [0.29, 0.717) is 28.7 Å². The average Bonchev–Trinajstić information content (AvgIpc) is 3.07. The maximum absolute atomic E-state index is 12.4. The molecule has 31 heavy (non-hydrogen) atoms. The van der Waals surface area contributed by atoms with Gasteiger partial charge in [-0.25, -0.2) is 22.5 Å². The van der Waals surface area contributed by atoms with E-state index >= 15 is 0 Å². The van der Waals surface area contributed by atoms with Gasteiger partial charge in [-0.1, -0.05) is 24.6 Å². The van der Waals surface area contributed by atoms with Gasteiger partial charge < -0.3 is 14.0 Å². The highest BCUT2D eigenvalue weighted by Gasteiger charge is 2.20. The van der Waals surface area contributed by atoms with Gasteiger partial charge in [-0.05, 0) is 42.8 Å². The molecule has 0 spiro atoms. The van der Waals surface area contributed by atoms with Crippen molar-refractivity contribution in [2.75, 3.05) is 20.7 Å². The van der Waals surface area contributed by atoms with Crippen molar-refractivity contribution in [3.63, 3.8) is 0 Å². The molecule has 0 bridgehead atoms. The maximum Gasteiger partial charge on any atom is 0.344 e. The summed E-state index contributed by atoms with van der Waals surface area (Å²) in [6.07, 6.45) is 0.835. The molecule has 2 aromatic carbocycles. The average molecular weight is 466 g/mol. The van der Waals surface area contributed by atoms with Crippen molar-refractivity contribution in [3.05, 3.63) is 53.3 Å². The van der Waals surface area contributed by atoms with Crippen LogP contribution in [0.2, 0.25) is 5.02 Å². The molecule has 166 valence electrons. The number of rotatable bonds is 9. The highest BCUT2D eigenvalue weighted by Crippen LogP contribution is 2.23. The number of carbonyl (C=O) groups excluding carboxylic acids is 1. The topological polar surface area (TPSA) is 90.7 Å². The Morgan fingerprint density at radius 1 is 1.19 bits per heavy atom. The number of hydrogen-bond acceptors (Lipinski definition) is 6. The SMILES string of the molecule is CCCn1c(COC(=O)COc2cccc(Cl)c2)nc2cc(S(=O)(=O)N(C)C)ccc21. The third kappa shape index (κ3) is 5.36. The summed E-state index contributed by atoms with van der Waals surface area (Å²) in [4.78, 5) is 16.8. The first kappa shape index (κ1) is 23.1. The quantitative estimate of drug-likeness (QED) is 0.449. The van der Waals surface area contributed by atoms with Crippen LogP contribution < -0.4 is 4.74 Å². The number of carbonyl (C=O) groups is 1. The number of fused-ring (bicyclic) bond motifs is 1. The highest BCUT2D eigenvalue weighted by atomic mass is 35.5. The number of aryl methyl sites for hydroxylation is 1. The molecule has 3 aromatic rings. The number of hydrogen-bond donors (Lipinski definition) is 0.